The number of aromatic nitrogens is 1. The van der Waals surface area contributed by atoms with Crippen LogP contribution in [0.4, 0.5) is 5.69 Å². The van der Waals surface area contributed by atoms with Crippen molar-refractivity contribution in [3.8, 4) is 0 Å². The highest BCUT2D eigenvalue weighted by Crippen LogP contribution is 2.21. The Morgan fingerprint density at radius 2 is 2.17 bits per heavy atom. The second-order valence-corrected chi connectivity index (χ2v) is 5.78. The SMILES string of the molecule is CN(C(=O)c1cc(Br)ccc1I)c1cccnc1. The van der Waals surface area contributed by atoms with E-state index in [2.05, 4.69) is 43.5 Å². The fraction of sp³-hybridized carbons (Fsp3) is 0.0769. The number of amides is 1. The monoisotopic (exact) mass is 416 g/mol. The zero-order chi connectivity index (χ0) is 13.1. The van der Waals surface area contributed by atoms with Gasteiger partial charge in [0.2, 0.25) is 0 Å². The Morgan fingerprint density at radius 3 is 2.83 bits per heavy atom. The molecule has 0 aliphatic heterocycles. The summed E-state index contributed by atoms with van der Waals surface area (Å²) in [5.41, 5.74) is 1.45. The molecule has 0 aliphatic carbocycles. The predicted molar refractivity (Wildman–Crippen MR) is 83.8 cm³/mol. The van der Waals surface area contributed by atoms with Gasteiger partial charge in [-0.3, -0.25) is 9.78 Å². The number of pyridine rings is 1. The molecule has 1 aromatic carbocycles. The maximum atomic E-state index is 12.4. The maximum absolute atomic E-state index is 12.4. The molecule has 5 heteroatoms. The molecule has 2 rings (SSSR count). The molecule has 0 unspecified atom stereocenters. The van der Waals surface area contributed by atoms with E-state index < -0.39 is 0 Å². The van der Waals surface area contributed by atoms with Crippen LogP contribution < -0.4 is 4.90 Å². The van der Waals surface area contributed by atoms with Crippen molar-refractivity contribution in [2.24, 2.45) is 0 Å². The van der Waals surface area contributed by atoms with Gasteiger partial charge in [0, 0.05) is 21.3 Å². The molecular formula is C13H10BrIN2O. The fourth-order valence-corrected chi connectivity index (χ4v) is 2.44. The zero-order valence-corrected chi connectivity index (χ0v) is 13.3. The summed E-state index contributed by atoms with van der Waals surface area (Å²) in [6.45, 7) is 0. The van der Waals surface area contributed by atoms with Gasteiger partial charge in [0.05, 0.1) is 17.4 Å². The molecular weight excluding hydrogens is 407 g/mol. The largest absolute Gasteiger partial charge is 0.310 e. The lowest BCUT2D eigenvalue weighted by atomic mass is 10.2. The third kappa shape index (κ3) is 2.89. The van der Waals surface area contributed by atoms with Crippen molar-refractivity contribution in [3.05, 3.63) is 56.3 Å². The lowest BCUT2D eigenvalue weighted by Gasteiger charge is -2.17. The van der Waals surface area contributed by atoms with Crippen molar-refractivity contribution in [2.45, 2.75) is 0 Å². The van der Waals surface area contributed by atoms with Gasteiger partial charge in [0.1, 0.15) is 0 Å². The second-order valence-electron chi connectivity index (χ2n) is 3.70. The van der Waals surface area contributed by atoms with E-state index in [9.17, 15) is 4.79 Å². The van der Waals surface area contributed by atoms with E-state index in [1.54, 1.807) is 24.3 Å². The van der Waals surface area contributed by atoms with Crippen molar-refractivity contribution >= 4 is 50.1 Å². The number of benzene rings is 1. The van der Waals surface area contributed by atoms with Gasteiger partial charge in [-0.25, -0.2) is 0 Å². The van der Waals surface area contributed by atoms with Crippen LogP contribution in [0.5, 0.6) is 0 Å². The van der Waals surface area contributed by atoms with E-state index in [1.165, 1.54) is 0 Å². The Kier molecular flexibility index (Phi) is 4.34. The van der Waals surface area contributed by atoms with Crippen molar-refractivity contribution < 1.29 is 4.79 Å². The normalized spacial score (nSPS) is 10.2. The lowest BCUT2D eigenvalue weighted by Crippen LogP contribution is -2.27. The summed E-state index contributed by atoms with van der Waals surface area (Å²) in [6.07, 6.45) is 3.35. The summed E-state index contributed by atoms with van der Waals surface area (Å²) in [5, 5.41) is 0. The van der Waals surface area contributed by atoms with Gasteiger partial charge in [0.15, 0.2) is 0 Å². The zero-order valence-electron chi connectivity index (χ0n) is 9.60. The number of hydrogen-bond acceptors (Lipinski definition) is 2. The molecule has 0 atom stereocenters. The molecule has 0 fully saturated rings. The van der Waals surface area contributed by atoms with Gasteiger partial charge < -0.3 is 4.90 Å². The molecule has 0 aliphatic rings. The van der Waals surface area contributed by atoms with E-state index in [0.717, 1.165) is 13.7 Å². The summed E-state index contributed by atoms with van der Waals surface area (Å²) in [5.74, 6) is -0.0475. The Hall–Kier alpha value is -0.950. The molecule has 2 aromatic rings. The summed E-state index contributed by atoms with van der Waals surface area (Å²) < 4.78 is 1.82. The number of rotatable bonds is 2. The highest BCUT2D eigenvalue weighted by atomic mass is 127. The minimum atomic E-state index is -0.0475. The van der Waals surface area contributed by atoms with Crippen molar-refractivity contribution in [2.75, 3.05) is 11.9 Å². The number of carbonyl (C=O) groups excluding carboxylic acids is 1. The average molecular weight is 417 g/mol. The first kappa shape index (κ1) is 13.5. The Labute approximate surface area is 127 Å². The van der Waals surface area contributed by atoms with Crippen LogP contribution in [0.25, 0.3) is 0 Å². The van der Waals surface area contributed by atoms with Crippen LogP contribution in [0.1, 0.15) is 10.4 Å². The van der Waals surface area contributed by atoms with Gasteiger partial charge in [-0.2, -0.15) is 0 Å². The molecule has 0 saturated heterocycles. The third-order valence-electron chi connectivity index (χ3n) is 2.50. The molecule has 0 radical (unpaired) electrons. The van der Waals surface area contributed by atoms with Gasteiger partial charge in [0.25, 0.3) is 5.91 Å². The van der Waals surface area contributed by atoms with Crippen LogP contribution in [0, 0.1) is 3.57 Å². The fourth-order valence-electron chi connectivity index (χ4n) is 1.51. The number of carbonyl (C=O) groups is 1. The molecule has 3 nitrogen and oxygen atoms in total. The van der Waals surface area contributed by atoms with Crippen molar-refractivity contribution in [1.82, 2.24) is 4.98 Å². The maximum Gasteiger partial charge on any atom is 0.259 e. The molecule has 0 bridgehead atoms. The summed E-state index contributed by atoms with van der Waals surface area (Å²) in [4.78, 5) is 18.0. The van der Waals surface area contributed by atoms with Gasteiger partial charge >= 0.3 is 0 Å². The second kappa shape index (κ2) is 5.79. The summed E-state index contributed by atoms with van der Waals surface area (Å²) >= 11 is 5.54. The molecule has 0 N–H and O–H groups in total. The highest BCUT2D eigenvalue weighted by molar-refractivity contribution is 14.1. The van der Waals surface area contributed by atoms with Crippen molar-refractivity contribution in [3.63, 3.8) is 0 Å². The number of hydrogen-bond donors (Lipinski definition) is 0. The standard InChI is InChI=1S/C13H10BrIN2O/c1-17(10-3-2-6-16-8-10)13(18)11-7-9(14)4-5-12(11)15/h2-8H,1H3. The van der Waals surface area contributed by atoms with Gasteiger partial charge in [-0.05, 0) is 52.9 Å². The molecule has 92 valence electrons. The van der Waals surface area contributed by atoms with E-state index in [-0.39, 0.29) is 5.91 Å². The minimum absolute atomic E-state index is 0.0475. The minimum Gasteiger partial charge on any atom is -0.310 e. The van der Waals surface area contributed by atoms with Gasteiger partial charge in [-0.1, -0.05) is 15.9 Å². The average Bonchev–Trinajstić information content (AvgIpc) is 2.41. The predicted octanol–water partition coefficient (Wildman–Crippen LogP) is 3.73. The topological polar surface area (TPSA) is 33.2 Å². The Balaban J connectivity index is 2.34. The first-order valence-electron chi connectivity index (χ1n) is 5.22. The summed E-state index contributed by atoms with van der Waals surface area (Å²) in [6, 6.07) is 9.33. The smallest absolute Gasteiger partial charge is 0.259 e. The van der Waals surface area contributed by atoms with E-state index in [4.69, 9.17) is 0 Å². The third-order valence-corrected chi connectivity index (χ3v) is 3.93. The first-order chi connectivity index (χ1) is 8.59. The number of halogens is 2. The highest BCUT2D eigenvalue weighted by Gasteiger charge is 2.16. The van der Waals surface area contributed by atoms with Crippen LogP contribution in [-0.4, -0.2) is 17.9 Å². The Morgan fingerprint density at radius 1 is 1.39 bits per heavy atom. The molecule has 0 saturated carbocycles. The van der Waals surface area contributed by atoms with E-state index in [0.29, 0.717) is 5.56 Å². The number of anilines is 1. The molecule has 1 amide bonds. The lowest BCUT2D eigenvalue weighted by molar-refractivity contribution is 0.0992. The van der Waals surface area contributed by atoms with Gasteiger partial charge in [-0.15, -0.1) is 0 Å². The molecule has 18 heavy (non-hydrogen) atoms. The van der Waals surface area contributed by atoms with Crippen molar-refractivity contribution in [1.29, 1.82) is 0 Å². The molecule has 1 aromatic heterocycles. The Bertz CT molecular complexity index is 574. The molecule has 0 spiro atoms. The van der Waals surface area contributed by atoms with Crippen LogP contribution in [-0.2, 0) is 0 Å². The number of nitrogens with zero attached hydrogens (tertiary/aromatic N) is 2. The summed E-state index contributed by atoms with van der Waals surface area (Å²) in [7, 11) is 1.75. The molecule has 1 heterocycles. The quantitative estimate of drug-likeness (QED) is 0.699. The van der Waals surface area contributed by atoms with Crippen LogP contribution in [0.3, 0.4) is 0 Å². The van der Waals surface area contributed by atoms with E-state index in [1.807, 2.05) is 30.3 Å². The van der Waals surface area contributed by atoms with Crippen LogP contribution >= 0.6 is 38.5 Å². The first-order valence-corrected chi connectivity index (χ1v) is 7.10. The van der Waals surface area contributed by atoms with Crippen LogP contribution in [0.15, 0.2) is 47.2 Å². The van der Waals surface area contributed by atoms with Crippen LogP contribution in [0.2, 0.25) is 0 Å². The van der Waals surface area contributed by atoms with E-state index >= 15 is 0 Å².